The number of benzene rings is 1. The molecule has 26 heavy (non-hydrogen) atoms. The fraction of sp³-hybridized carbons (Fsp3) is 0.368. The molecule has 1 aromatic rings. The Kier molecular flexibility index (Phi) is 5.83. The lowest BCUT2D eigenvalue weighted by atomic mass is 9.97. The van der Waals surface area contributed by atoms with Crippen molar-refractivity contribution in [3.05, 3.63) is 40.9 Å². The molecule has 3 rings (SSSR count). The van der Waals surface area contributed by atoms with Gasteiger partial charge in [0.25, 0.3) is 5.91 Å². The lowest BCUT2D eigenvalue weighted by molar-refractivity contribution is -0.131. The van der Waals surface area contributed by atoms with E-state index in [4.69, 9.17) is 11.6 Å². The zero-order valence-electron chi connectivity index (χ0n) is 14.3. The number of hydrogen-bond acceptors (Lipinski definition) is 4. The number of barbiturate groups is 1. The molecular formula is C19H20ClN3O3. The van der Waals surface area contributed by atoms with Crippen LogP contribution in [0.3, 0.4) is 0 Å². The molecule has 1 heterocycles. The molecule has 1 saturated heterocycles. The summed E-state index contributed by atoms with van der Waals surface area (Å²) < 4.78 is 0. The first-order chi connectivity index (χ1) is 12.6. The topological polar surface area (TPSA) is 78.8 Å². The highest BCUT2D eigenvalue weighted by Gasteiger charge is 2.40. The van der Waals surface area contributed by atoms with Crippen LogP contribution in [0.4, 0.5) is 10.5 Å². The molecule has 1 N–H and O–H groups in total. The molecule has 4 amide bonds. The first kappa shape index (κ1) is 18.3. The summed E-state index contributed by atoms with van der Waals surface area (Å²) in [5, 5.41) is 2.70. The first-order valence-electron chi connectivity index (χ1n) is 8.68. The van der Waals surface area contributed by atoms with E-state index < -0.39 is 23.8 Å². The van der Waals surface area contributed by atoms with Gasteiger partial charge >= 0.3 is 6.03 Å². The number of allylic oxidation sites excluding steroid dienone is 1. The van der Waals surface area contributed by atoms with E-state index in [0.29, 0.717) is 17.3 Å². The van der Waals surface area contributed by atoms with Crippen molar-refractivity contribution in [3.8, 4) is 0 Å². The Balaban J connectivity index is 1.67. The predicted octanol–water partition coefficient (Wildman–Crippen LogP) is 3.50. The largest absolute Gasteiger partial charge is 0.335 e. The van der Waals surface area contributed by atoms with E-state index in [1.165, 1.54) is 24.6 Å². The van der Waals surface area contributed by atoms with E-state index in [0.717, 1.165) is 24.2 Å². The first-order valence-corrected chi connectivity index (χ1v) is 9.06. The van der Waals surface area contributed by atoms with E-state index in [1.807, 2.05) is 0 Å². The summed E-state index contributed by atoms with van der Waals surface area (Å²) in [5.74, 6) is -2.36. The van der Waals surface area contributed by atoms with Crippen LogP contribution in [0.5, 0.6) is 0 Å². The summed E-state index contributed by atoms with van der Waals surface area (Å²) in [5.41, 5.74) is 1.74. The van der Waals surface area contributed by atoms with Gasteiger partial charge in [0.2, 0.25) is 5.91 Å². The summed E-state index contributed by atoms with van der Waals surface area (Å²) in [4.78, 5) is 41.9. The van der Waals surface area contributed by atoms with Crippen LogP contribution in [0.15, 0.2) is 40.9 Å². The summed E-state index contributed by atoms with van der Waals surface area (Å²) in [7, 11) is 0. The second kappa shape index (κ2) is 8.27. The molecule has 136 valence electrons. The zero-order chi connectivity index (χ0) is 18.5. The number of carbonyl (C=O) groups is 3. The predicted molar refractivity (Wildman–Crippen MR) is 100 cm³/mol. The Morgan fingerprint density at radius 2 is 1.96 bits per heavy atom. The van der Waals surface area contributed by atoms with E-state index in [-0.39, 0.29) is 0 Å². The molecule has 1 fully saturated rings. The highest BCUT2D eigenvalue weighted by Crippen LogP contribution is 2.23. The van der Waals surface area contributed by atoms with Crippen molar-refractivity contribution < 1.29 is 14.4 Å². The van der Waals surface area contributed by atoms with Crippen LogP contribution in [0.1, 0.15) is 32.1 Å². The smallest absolute Gasteiger partial charge is 0.296 e. The van der Waals surface area contributed by atoms with Crippen LogP contribution in [0.2, 0.25) is 5.02 Å². The number of carbonyl (C=O) groups excluding carboxylic acids is 3. The zero-order valence-corrected chi connectivity index (χ0v) is 15.0. The molecular weight excluding hydrogens is 354 g/mol. The molecule has 0 unspecified atom stereocenters. The SMILES string of the molecule is O=C1NC(=O)N(c2ccc(Cl)cc2)C(=O)[C@@H]1C=NCCC1=CCCCC1. The molecule has 0 aromatic heterocycles. The maximum Gasteiger partial charge on any atom is 0.335 e. The van der Waals surface area contributed by atoms with Gasteiger partial charge in [0.1, 0.15) is 0 Å². The molecule has 0 radical (unpaired) electrons. The number of anilines is 1. The minimum atomic E-state index is -1.11. The van der Waals surface area contributed by atoms with Crippen molar-refractivity contribution in [2.45, 2.75) is 32.1 Å². The molecule has 0 bridgehead atoms. The van der Waals surface area contributed by atoms with Gasteiger partial charge < -0.3 is 0 Å². The number of amides is 4. The molecule has 7 heteroatoms. The van der Waals surface area contributed by atoms with Gasteiger partial charge in [-0.05, 0) is 56.4 Å². The van der Waals surface area contributed by atoms with Gasteiger partial charge in [-0.25, -0.2) is 9.69 Å². The molecule has 2 aliphatic rings. The van der Waals surface area contributed by atoms with E-state index in [1.54, 1.807) is 24.3 Å². The van der Waals surface area contributed by atoms with Gasteiger partial charge in [0.05, 0.1) is 5.69 Å². The molecule has 1 aromatic carbocycles. The average molecular weight is 374 g/mol. The number of nitrogens with one attached hydrogen (secondary N) is 1. The number of halogens is 1. The van der Waals surface area contributed by atoms with Crippen molar-refractivity contribution in [3.63, 3.8) is 0 Å². The third kappa shape index (κ3) is 4.19. The highest BCUT2D eigenvalue weighted by molar-refractivity contribution is 6.33. The minimum Gasteiger partial charge on any atom is -0.296 e. The van der Waals surface area contributed by atoms with Crippen LogP contribution in [-0.2, 0) is 9.59 Å². The van der Waals surface area contributed by atoms with E-state index in [2.05, 4.69) is 16.4 Å². The molecule has 6 nitrogen and oxygen atoms in total. The highest BCUT2D eigenvalue weighted by atomic mass is 35.5. The number of imide groups is 2. The van der Waals surface area contributed by atoms with Crippen LogP contribution >= 0.6 is 11.6 Å². The summed E-state index contributed by atoms with van der Waals surface area (Å²) in [6.45, 7) is 0.526. The number of aliphatic imine (C=N–C) groups is 1. The van der Waals surface area contributed by atoms with E-state index >= 15 is 0 Å². The van der Waals surface area contributed by atoms with Gasteiger partial charge in [0, 0.05) is 17.8 Å². The van der Waals surface area contributed by atoms with Gasteiger partial charge in [-0.2, -0.15) is 0 Å². The third-order valence-electron chi connectivity index (χ3n) is 4.49. The maximum atomic E-state index is 12.6. The molecule has 1 aliphatic heterocycles. The standard InChI is InChI=1S/C19H20ClN3O3/c20-14-6-8-15(9-7-14)23-18(25)16(17(24)22-19(23)26)12-21-11-10-13-4-2-1-3-5-13/h4,6-9,12,16H,1-3,5,10-11H2,(H,22,24,26)/t16-/m1/s1. The minimum absolute atomic E-state index is 0.357. The molecule has 1 aliphatic carbocycles. The average Bonchev–Trinajstić information content (AvgIpc) is 2.63. The molecule has 0 spiro atoms. The van der Waals surface area contributed by atoms with Gasteiger partial charge in [-0.1, -0.05) is 23.3 Å². The Morgan fingerprint density at radius 1 is 1.19 bits per heavy atom. The number of nitrogens with zero attached hydrogens (tertiary/aromatic N) is 2. The quantitative estimate of drug-likeness (QED) is 0.487. The van der Waals surface area contributed by atoms with Crippen molar-refractivity contribution in [2.24, 2.45) is 10.9 Å². The lowest BCUT2D eigenvalue weighted by Crippen LogP contribution is -2.58. The third-order valence-corrected chi connectivity index (χ3v) is 4.74. The lowest BCUT2D eigenvalue weighted by Gasteiger charge is -2.28. The molecule has 0 saturated carbocycles. The molecule has 1 atom stereocenters. The number of hydrogen-bond donors (Lipinski definition) is 1. The Bertz CT molecular complexity index is 771. The fourth-order valence-corrected chi connectivity index (χ4v) is 3.20. The monoisotopic (exact) mass is 373 g/mol. The fourth-order valence-electron chi connectivity index (χ4n) is 3.08. The summed E-state index contributed by atoms with van der Waals surface area (Å²) >= 11 is 5.84. The van der Waals surface area contributed by atoms with Gasteiger partial charge in [0.15, 0.2) is 5.92 Å². The van der Waals surface area contributed by atoms with Crippen LogP contribution in [0.25, 0.3) is 0 Å². The Labute approximate surface area is 156 Å². The van der Waals surface area contributed by atoms with Crippen molar-refractivity contribution in [1.29, 1.82) is 0 Å². The van der Waals surface area contributed by atoms with Crippen molar-refractivity contribution in [1.82, 2.24) is 5.32 Å². The van der Waals surface area contributed by atoms with Crippen LogP contribution in [0, 0.1) is 5.92 Å². The van der Waals surface area contributed by atoms with Crippen molar-refractivity contribution in [2.75, 3.05) is 11.4 Å². The maximum absolute atomic E-state index is 12.6. The normalized spacial score (nSPS) is 21.1. The van der Waals surface area contributed by atoms with E-state index in [9.17, 15) is 14.4 Å². The number of rotatable bonds is 5. The van der Waals surface area contributed by atoms with Crippen LogP contribution < -0.4 is 10.2 Å². The summed E-state index contributed by atoms with van der Waals surface area (Å²) in [6, 6.07) is 5.50. The Hall–Kier alpha value is -2.47. The van der Waals surface area contributed by atoms with Crippen molar-refractivity contribution >= 4 is 41.3 Å². The van der Waals surface area contributed by atoms with Gasteiger partial charge in [-0.3, -0.25) is 19.9 Å². The summed E-state index contributed by atoms with van der Waals surface area (Å²) in [6.07, 6.45) is 9.07. The second-order valence-corrected chi connectivity index (χ2v) is 6.77. The number of urea groups is 1. The van der Waals surface area contributed by atoms with Gasteiger partial charge in [-0.15, -0.1) is 0 Å². The Morgan fingerprint density at radius 3 is 2.65 bits per heavy atom. The van der Waals surface area contributed by atoms with Crippen LogP contribution in [-0.4, -0.2) is 30.6 Å². The second-order valence-electron chi connectivity index (χ2n) is 6.34.